The van der Waals surface area contributed by atoms with E-state index >= 15 is 0 Å². The fourth-order valence-electron chi connectivity index (χ4n) is 1.73. The van der Waals surface area contributed by atoms with Crippen molar-refractivity contribution in [3.05, 3.63) is 48.0 Å². The summed E-state index contributed by atoms with van der Waals surface area (Å²) >= 11 is 0. The molecule has 1 aromatic rings. The number of carbonyl (C=O) groups is 2. The quantitative estimate of drug-likeness (QED) is 0.154. The van der Waals surface area contributed by atoms with Gasteiger partial charge in [0.15, 0.2) is 6.29 Å². The van der Waals surface area contributed by atoms with Gasteiger partial charge in [-0.15, -0.1) is 0 Å². The molecule has 0 saturated carbocycles. The average Bonchev–Trinajstić information content (AvgIpc) is 2.77. The van der Waals surface area contributed by atoms with E-state index in [2.05, 4.69) is 4.79 Å². The van der Waals surface area contributed by atoms with Crippen LogP contribution >= 0.6 is 0 Å². The molecule has 7 nitrogen and oxygen atoms in total. The van der Waals surface area contributed by atoms with Crippen molar-refractivity contribution in [2.45, 2.75) is 12.7 Å². The van der Waals surface area contributed by atoms with E-state index in [-0.39, 0.29) is 12.2 Å². The molecule has 0 aliphatic carbocycles. The maximum atomic E-state index is 12.0. The first-order valence-electron chi connectivity index (χ1n) is 6.61. The molecule has 0 fully saturated rings. The van der Waals surface area contributed by atoms with Gasteiger partial charge in [-0.2, -0.15) is 4.79 Å². The summed E-state index contributed by atoms with van der Waals surface area (Å²) in [5, 5.41) is 0. The summed E-state index contributed by atoms with van der Waals surface area (Å²) in [4.78, 5) is 26.6. The predicted molar refractivity (Wildman–Crippen MR) is 75.2 cm³/mol. The Balaban J connectivity index is 1.97. The minimum absolute atomic E-state index is 0.243. The Hall–Kier alpha value is -2.60. The number of ketones is 1. The molecule has 114 valence electrons. The summed E-state index contributed by atoms with van der Waals surface area (Å²) in [6.07, 6.45) is 2.47. The van der Waals surface area contributed by atoms with Gasteiger partial charge in [0.05, 0.1) is 19.6 Å². The van der Waals surface area contributed by atoms with Gasteiger partial charge in [0.2, 0.25) is 0 Å². The highest BCUT2D eigenvalue weighted by atomic mass is 16.7. The molecule has 2 rings (SSSR count). The van der Waals surface area contributed by atoms with E-state index < -0.39 is 23.8 Å². The highest BCUT2D eigenvalue weighted by Crippen LogP contribution is 2.10. The van der Waals surface area contributed by atoms with E-state index in [4.69, 9.17) is 19.7 Å². The third-order valence-corrected chi connectivity index (χ3v) is 2.79. The molecular formula is C15H14N2O5. The Morgan fingerprint density at radius 1 is 1.18 bits per heavy atom. The molecule has 7 heteroatoms. The number of carbonyl (C=O) groups excluding carboxylic acids is 2. The van der Waals surface area contributed by atoms with Crippen LogP contribution in [0.2, 0.25) is 0 Å². The second-order valence-corrected chi connectivity index (χ2v) is 4.35. The van der Waals surface area contributed by atoms with E-state index in [1.807, 2.05) is 0 Å². The molecule has 0 radical (unpaired) electrons. The Kier molecular flexibility index (Phi) is 5.73. The Morgan fingerprint density at radius 3 is 2.41 bits per heavy atom. The van der Waals surface area contributed by atoms with Crippen LogP contribution in [0.5, 0.6) is 5.75 Å². The number of benzene rings is 1. The minimum atomic E-state index is -1.04. The maximum Gasteiger partial charge on any atom is 0.442 e. The number of para-hydroxylation sites is 1. The first-order chi connectivity index (χ1) is 10.7. The van der Waals surface area contributed by atoms with Crippen LogP contribution in [0.25, 0.3) is 5.53 Å². The summed E-state index contributed by atoms with van der Waals surface area (Å²) in [6, 6.07) is 8.17. The second-order valence-electron chi connectivity index (χ2n) is 4.35. The standard InChI is InChI=1S/C15H14N2O5/c16-17-14(15(19)22-11-6-2-1-3-7-11)12(18)10-13-20-8-4-5-9-21-13/h1-7,13H,8-10H2. The number of esters is 1. The van der Waals surface area contributed by atoms with Crippen molar-refractivity contribution in [2.24, 2.45) is 0 Å². The lowest BCUT2D eigenvalue weighted by atomic mass is 10.2. The molecule has 1 aliphatic rings. The summed E-state index contributed by atoms with van der Waals surface area (Å²) in [5.74, 6) is -1.52. The van der Waals surface area contributed by atoms with E-state index in [1.54, 1.807) is 42.5 Å². The zero-order valence-electron chi connectivity index (χ0n) is 11.7. The van der Waals surface area contributed by atoms with Crippen molar-refractivity contribution < 1.29 is 28.6 Å². The van der Waals surface area contributed by atoms with Crippen LogP contribution in [-0.2, 0) is 19.1 Å². The maximum absolute atomic E-state index is 12.0. The molecule has 1 heterocycles. The predicted octanol–water partition coefficient (Wildman–Crippen LogP) is 1.15. The Labute approximate surface area is 126 Å². The second kappa shape index (κ2) is 7.99. The zero-order chi connectivity index (χ0) is 15.8. The van der Waals surface area contributed by atoms with Crippen LogP contribution in [0, 0.1) is 0 Å². The van der Waals surface area contributed by atoms with Crippen LogP contribution in [0.4, 0.5) is 0 Å². The third-order valence-electron chi connectivity index (χ3n) is 2.79. The lowest BCUT2D eigenvalue weighted by molar-refractivity contribution is -0.145. The zero-order valence-corrected chi connectivity index (χ0v) is 11.7. The number of hydrogen-bond donors (Lipinski definition) is 0. The van der Waals surface area contributed by atoms with Crippen LogP contribution in [-0.4, -0.2) is 41.8 Å². The molecule has 1 aliphatic heterocycles. The van der Waals surface area contributed by atoms with E-state index in [0.29, 0.717) is 13.2 Å². The number of rotatable bonds is 5. The molecule has 22 heavy (non-hydrogen) atoms. The van der Waals surface area contributed by atoms with Gasteiger partial charge in [-0.3, -0.25) is 4.79 Å². The molecule has 0 bridgehead atoms. The Morgan fingerprint density at radius 2 is 1.82 bits per heavy atom. The molecule has 0 amide bonds. The van der Waals surface area contributed by atoms with Crippen molar-refractivity contribution in [3.63, 3.8) is 0 Å². The monoisotopic (exact) mass is 302 g/mol. The summed E-state index contributed by atoms with van der Waals surface area (Å²) < 4.78 is 15.5. The molecule has 0 spiro atoms. The van der Waals surface area contributed by atoms with Crippen molar-refractivity contribution in [2.75, 3.05) is 13.2 Å². The molecule has 1 aromatic carbocycles. The van der Waals surface area contributed by atoms with Crippen molar-refractivity contribution >= 4 is 17.5 Å². The fraction of sp³-hybridized carbons (Fsp3) is 0.267. The van der Waals surface area contributed by atoms with Crippen LogP contribution in [0.3, 0.4) is 0 Å². The SMILES string of the molecule is [N-]=[N+]=C(C(=O)CC1OCC=CCO1)C(=O)Oc1ccccc1. The van der Waals surface area contributed by atoms with Gasteiger partial charge >= 0.3 is 11.7 Å². The van der Waals surface area contributed by atoms with Gasteiger partial charge in [0, 0.05) is 0 Å². The van der Waals surface area contributed by atoms with Gasteiger partial charge in [-0.05, 0) is 12.1 Å². The average molecular weight is 302 g/mol. The van der Waals surface area contributed by atoms with Crippen LogP contribution < -0.4 is 4.74 Å². The topological polar surface area (TPSA) is 98.2 Å². The largest absolute Gasteiger partial charge is 0.442 e. The molecule has 0 aromatic heterocycles. The fourth-order valence-corrected chi connectivity index (χ4v) is 1.73. The molecule has 0 unspecified atom stereocenters. The minimum Gasteiger partial charge on any atom is -0.418 e. The number of ether oxygens (including phenoxy) is 3. The summed E-state index contributed by atoms with van der Waals surface area (Å²) in [5.41, 5.74) is 8.20. The Bertz CT molecular complexity index is 610. The van der Waals surface area contributed by atoms with Crippen molar-refractivity contribution in [1.82, 2.24) is 0 Å². The van der Waals surface area contributed by atoms with Crippen molar-refractivity contribution in [1.29, 1.82) is 0 Å². The van der Waals surface area contributed by atoms with E-state index in [9.17, 15) is 9.59 Å². The number of nitrogens with zero attached hydrogens (tertiary/aromatic N) is 2. The third kappa shape index (κ3) is 4.46. The first kappa shape index (κ1) is 15.8. The van der Waals surface area contributed by atoms with Gasteiger partial charge in [-0.1, -0.05) is 30.4 Å². The lowest BCUT2D eigenvalue weighted by Gasteiger charge is -2.12. The highest BCUT2D eigenvalue weighted by Gasteiger charge is 2.34. The van der Waals surface area contributed by atoms with E-state index in [0.717, 1.165) is 0 Å². The number of hydrogen-bond acceptors (Lipinski definition) is 5. The smallest absolute Gasteiger partial charge is 0.418 e. The molecule has 0 atom stereocenters. The normalized spacial score (nSPS) is 14.7. The van der Waals surface area contributed by atoms with Crippen LogP contribution in [0.15, 0.2) is 42.5 Å². The van der Waals surface area contributed by atoms with Gasteiger partial charge < -0.3 is 19.7 Å². The van der Waals surface area contributed by atoms with Gasteiger partial charge in [-0.25, -0.2) is 4.79 Å². The lowest BCUT2D eigenvalue weighted by Crippen LogP contribution is -2.33. The first-order valence-corrected chi connectivity index (χ1v) is 6.61. The number of Topliss-reactive ketones (excluding diaryl/α,β-unsaturated/α-hetero) is 1. The molecular weight excluding hydrogens is 288 g/mol. The molecule has 0 N–H and O–H groups in total. The van der Waals surface area contributed by atoms with Crippen molar-refractivity contribution in [3.8, 4) is 5.75 Å². The summed E-state index contributed by atoms with van der Waals surface area (Å²) in [6.45, 7) is 0.607. The van der Waals surface area contributed by atoms with Crippen LogP contribution in [0.1, 0.15) is 6.42 Å². The molecule has 0 saturated heterocycles. The van der Waals surface area contributed by atoms with Gasteiger partial charge in [0.25, 0.3) is 5.78 Å². The highest BCUT2D eigenvalue weighted by molar-refractivity contribution is 6.62. The summed E-state index contributed by atoms with van der Waals surface area (Å²) in [7, 11) is 0. The van der Waals surface area contributed by atoms with Gasteiger partial charge in [0.1, 0.15) is 5.75 Å². The van der Waals surface area contributed by atoms with E-state index in [1.165, 1.54) is 0 Å².